The second-order valence-corrected chi connectivity index (χ2v) is 3.85. The summed E-state index contributed by atoms with van der Waals surface area (Å²) in [6.07, 6.45) is 3.23. The predicted molar refractivity (Wildman–Crippen MR) is 77.6 cm³/mol. The smallest absolute Gasteiger partial charge is 0.0565 e. The first-order valence-electron chi connectivity index (χ1n) is 6.86. The first-order chi connectivity index (χ1) is 8.09. The van der Waals surface area contributed by atoms with E-state index in [1.807, 2.05) is 27.7 Å². The average Bonchev–Trinajstić information content (AvgIpc) is 2.35. The fourth-order valence-corrected chi connectivity index (χ4v) is 1.79. The van der Waals surface area contributed by atoms with Gasteiger partial charge in [0.1, 0.15) is 0 Å². The number of nitrogens with zero attached hydrogens (tertiary/aromatic N) is 1. The van der Waals surface area contributed by atoms with Gasteiger partial charge < -0.3 is 14.7 Å². The molecule has 0 saturated carbocycles. The molecule has 0 aromatic rings. The summed E-state index contributed by atoms with van der Waals surface area (Å²) in [6, 6.07) is 0.716. The van der Waals surface area contributed by atoms with Gasteiger partial charge in [-0.3, -0.25) is 0 Å². The lowest BCUT2D eigenvalue weighted by atomic mass is 9.99. The van der Waals surface area contributed by atoms with E-state index in [9.17, 15) is 0 Å². The molecule has 2 unspecified atom stereocenters. The standard InChI is InChI=1S/C9H19NO.2C2H6.CH4O/c1-7-5-9(10(3)4)6-8(2)11-7;3*1-2/h7-9H,5-6H2,1-4H3;2*1-2H3;2H,1H3. The van der Waals surface area contributed by atoms with E-state index in [4.69, 9.17) is 9.84 Å². The van der Waals surface area contributed by atoms with Crippen molar-refractivity contribution in [3.63, 3.8) is 0 Å². The molecule has 1 fully saturated rings. The Morgan fingerprint density at radius 1 is 0.882 bits per heavy atom. The molecule has 2 atom stereocenters. The number of rotatable bonds is 1. The largest absolute Gasteiger partial charge is 0.400 e. The Labute approximate surface area is 109 Å². The molecule has 1 heterocycles. The molecule has 1 N–H and O–H groups in total. The minimum absolute atomic E-state index is 0.436. The molecule has 0 amide bonds. The van der Waals surface area contributed by atoms with Gasteiger partial charge in [0.15, 0.2) is 0 Å². The van der Waals surface area contributed by atoms with Gasteiger partial charge in [0.05, 0.1) is 12.2 Å². The molecule has 3 heteroatoms. The van der Waals surface area contributed by atoms with Crippen LogP contribution in [-0.2, 0) is 4.74 Å². The Morgan fingerprint density at radius 2 is 1.18 bits per heavy atom. The predicted octanol–water partition coefficient (Wildman–Crippen LogP) is 3.16. The Morgan fingerprint density at radius 3 is 1.41 bits per heavy atom. The highest BCUT2D eigenvalue weighted by molar-refractivity contribution is 4.77. The lowest BCUT2D eigenvalue weighted by Gasteiger charge is -2.35. The molecular formula is C14H35NO2. The maximum absolute atomic E-state index is 7.00. The zero-order valence-electron chi connectivity index (χ0n) is 13.4. The third-order valence-electron chi connectivity index (χ3n) is 2.40. The Balaban J connectivity index is -0.000000285. The lowest BCUT2D eigenvalue weighted by Crippen LogP contribution is -2.40. The van der Waals surface area contributed by atoms with E-state index in [1.54, 1.807) is 0 Å². The van der Waals surface area contributed by atoms with Gasteiger partial charge in [-0.25, -0.2) is 0 Å². The summed E-state index contributed by atoms with van der Waals surface area (Å²) >= 11 is 0. The normalized spacial score (nSPS) is 26.6. The number of aliphatic hydroxyl groups excluding tert-OH is 1. The summed E-state index contributed by atoms with van der Waals surface area (Å²) < 4.78 is 5.64. The Bertz CT molecular complexity index is 119. The van der Waals surface area contributed by atoms with Crippen LogP contribution in [0.1, 0.15) is 54.4 Å². The van der Waals surface area contributed by atoms with Crippen LogP contribution in [-0.4, -0.2) is 49.5 Å². The van der Waals surface area contributed by atoms with Crippen molar-refractivity contribution in [1.29, 1.82) is 0 Å². The summed E-state index contributed by atoms with van der Waals surface area (Å²) in [5, 5.41) is 7.00. The van der Waals surface area contributed by atoms with E-state index in [0.29, 0.717) is 18.2 Å². The van der Waals surface area contributed by atoms with Crippen molar-refractivity contribution in [1.82, 2.24) is 4.90 Å². The summed E-state index contributed by atoms with van der Waals surface area (Å²) in [5.41, 5.74) is 0. The van der Waals surface area contributed by atoms with Crippen LogP contribution in [0.15, 0.2) is 0 Å². The maximum atomic E-state index is 7.00. The first kappa shape index (κ1) is 22.1. The van der Waals surface area contributed by atoms with Gasteiger partial charge in [-0.2, -0.15) is 0 Å². The molecule has 1 aliphatic heterocycles. The van der Waals surface area contributed by atoms with Crippen LogP contribution in [0.4, 0.5) is 0 Å². The van der Waals surface area contributed by atoms with E-state index in [-0.39, 0.29) is 0 Å². The quantitative estimate of drug-likeness (QED) is 0.775. The topological polar surface area (TPSA) is 32.7 Å². The zero-order valence-corrected chi connectivity index (χ0v) is 13.4. The second kappa shape index (κ2) is 15.9. The highest BCUT2D eigenvalue weighted by atomic mass is 16.5. The highest BCUT2D eigenvalue weighted by Crippen LogP contribution is 2.21. The average molecular weight is 249 g/mol. The molecule has 0 radical (unpaired) electrons. The molecule has 0 bridgehead atoms. The van der Waals surface area contributed by atoms with Crippen LogP contribution < -0.4 is 0 Å². The Kier molecular flexibility index (Phi) is 20.6. The van der Waals surface area contributed by atoms with Crippen molar-refractivity contribution in [2.24, 2.45) is 0 Å². The molecule has 3 nitrogen and oxygen atoms in total. The van der Waals surface area contributed by atoms with Crippen LogP contribution in [0.5, 0.6) is 0 Å². The number of aliphatic hydroxyl groups is 1. The van der Waals surface area contributed by atoms with Crippen molar-refractivity contribution in [3.05, 3.63) is 0 Å². The van der Waals surface area contributed by atoms with Crippen molar-refractivity contribution in [2.45, 2.75) is 72.6 Å². The van der Waals surface area contributed by atoms with Gasteiger partial charge in [-0.15, -0.1) is 0 Å². The van der Waals surface area contributed by atoms with Gasteiger partial charge in [0, 0.05) is 13.2 Å². The highest BCUT2D eigenvalue weighted by Gasteiger charge is 2.25. The molecule has 1 rings (SSSR count). The van der Waals surface area contributed by atoms with Crippen LogP contribution in [0.2, 0.25) is 0 Å². The van der Waals surface area contributed by atoms with Gasteiger partial charge in [-0.1, -0.05) is 27.7 Å². The molecular weight excluding hydrogens is 214 g/mol. The molecule has 108 valence electrons. The fraction of sp³-hybridized carbons (Fsp3) is 1.00. The monoisotopic (exact) mass is 249 g/mol. The van der Waals surface area contributed by atoms with E-state index >= 15 is 0 Å². The van der Waals surface area contributed by atoms with Crippen LogP contribution in [0.3, 0.4) is 0 Å². The SMILES string of the molecule is CC.CC.CC1CC(N(C)C)CC(C)O1.CO. The van der Waals surface area contributed by atoms with E-state index in [1.165, 1.54) is 12.8 Å². The lowest BCUT2D eigenvalue weighted by molar-refractivity contribution is -0.0578. The second-order valence-electron chi connectivity index (χ2n) is 3.85. The first-order valence-corrected chi connectivity index (χ1v) is 6.86. The van der Waals surface area contributed by atoms with Crippen LogP contribution >= 0.6 is 0 Å². The molecule has 1 aliphatic rings. The van der Waals surface area contributed by atoms with E-state index < -0.39 is 0 Å². The third kappa shape index (κ3) is 12.1. The minimum atomic E-state index is 0.436. The summed E-state index contributed by atoms with van der Waals surface area (Å²) in [6.45, 7) is 12.3. The van der Waals surface area contributed by atoms with Crippen molar-refractivity contribution < 1.29 is 9.84 Å². The third-order valence-corrected chi connectivity index (χ3v) is 2.40. The minimum Gasteiger partial charge on any atom is -0.400 e. The molecule has 0 aliphatic carbocycles. The van der Waals surface area contributed by atoms with Crippen LogP contribution in [0.25, 0.3) is 0 Å². The van der Waals surface area contributed by atoms with Gasteiger partial charge in [0.25, 0.3) is 0 Å². The number of hydrogen-bond donors (Lipinski definition) is 1. The molecule has 0 aromatic heterocycles. The Hall–Kier alpha value is -0.120. The molecule has 17 heavy (non-hydrogen) atoms. The van der Waals surface area contributed by atoms with Crippen LogP contribution in [0, 0.1) is 0 Å². The fourth-order valence-electron chi connectivity index (χ4n) is 1.79. The summed E-state index contributed by atoms with van der Waals surface area (Å²) in [5.74, 6) is 0. The zero-order chi connectivity index (χ0) is 14.4. The van der Waals surface area contributed by atoms with Gasteiger partial charge in [-0.05, 0) is 40.8 Å². The summed E-state index contributed by atoms with van der Waals surface area (Å²) in [7, 11) is 5.30. The van der Waals surface area contributed by atoms with E-state index in [0.717, 1.165) is 7.11 Å². The van der Waals surface area contributed by atoms with Crippen molar-refractivity contribution in [2.75, 3.05) is 21.2 Å². The van der Waals surface area contributed by atoms with Gasteiger partial charge >= 0.3 is 0 Å². The maximum Gasteiger partial charge on any atom is 0.0565 e. The van der Waals surface area contributed by atoms with Crippen molar-refractivity contribution >= 4 is 0 Å². The number of ether oxygens (including phenoxy) is 1. The van der Waals surface area contributed by atoms with Crippen molar-refractivity contribution in [3.8, 4) is 0 Å². The molecule has 0 aromatic carbocycles. The molecule has 1 saturated heterocycles. The van der Waals surface area contributed by atoms with Gasteiger partial charge in [0.2, 0.25) is 0 Å². The number of hydrogen-bond acceptors (Lipinski definition) is 3. The summed E-state index contributed by atoms with van der Waals surface area (Å²) in [4.78, 5) is 2.30. The van der Waals surface area contributed by atoms with E-state index in [2.05, 4.69) is 32.8 Å². The molecule has 0 spiro atoms.